The summed E-state index contributed by atoms with van der Waals surface area (Å²) >= 11 is 0. The number of carbonyl (C=O) groups excluding carboxylic acids is 1. The number of morpholine rings is 1. The van der Waals surface area contributed by atoms with Gasteiger partial charge in [-0.3, -0.25) is 14.5 Å². The van der Waals surface area contributed by atoms with Crippen LogP contribution in [0.25, 0.3) is 11.0 Å². The molecule has 0 bridgehead atoms. The van der Waals surface area contributed by atoms with Gasteiger partial charge in [-0.25, -0.2) is 0 Å². The van der Waals surface area contributed by atoms with E-state index in [9.17, 15) is 9.59 Å². The Labute approximate surface area is 229 Å². The van der Waals surface area contributed by atoms with Crippen LogP contribution in [0.4, 0.5) is 0 Å². The maximum absolute atomic E-state index is 13.9. The molecular formula is C31H38N2O6. The van der Waals surface area contributed by atoms with Gasteiger partial charge in [-0.05, 0) is 55.5 Å². The molecule has 5 rings (SSSR count). The normalized spacial score (nSPS) is 17.7. The minimum absolute atomic E-state index is 0.129. The van der Waals surface area contributed by atoms with Gasteiger partial charge in [0.25, 0.3) is 5.91 Å². The zero-order chi connectivity index (χ0) is 27.5. The fraction of sp³-hybridized carbons (Fsp3) is 0.484. The molecule has 208 valence electrons. The van der Waals surface area contributed by atoms with Crippen molar-refractivity contribution in [1.29, 1.82) is 0 Å². The highest BCUT2D eigenvalue weighted by Crippen LogP contribution is 2.41. The second kappa shape index (κ2) is 11.8. The van der Waals surface area contributed by atoms with E-state index in [2.05, 4.69) is 18.7 Å². The zero-order valence-electron chi connectivity index (χ0n) is 23.3. The molecule has 1 aromatic heterocycles. The third-order valence-electron chi connectivity index (χ3n) is 7.55. The van der Waals surface area contributed by atoms with Crippen LogP contribution >= 0.6 is 0 Å². The first-order valence-electron chi connectivity index (χ1n) is 13.9. The number of amides is 1. The lowest BCUT2D eigenvalue weighted by Gasteiger charge is -2.29. The summed E-state index contributed by atoms with van der Waals surface area (Å²) in [6, 6.07) is 10.6. The minimum atomic E-state index is -0.572. The van der Waals surface area contributed by atoms with Crippen LogP contribution in [0.1, 0.15) is 60.0 Å². The van der Waals surface area contributed by atoms with E-state index in [0.29, 0.717) is 47.1 Å². The fourth-order valence-electron chi connectivity index (χ4n) is 5.38. The monoisotopic (exact) mass is 534 g/mol. The summed E-state index contributed by atoms with van der Waals surface area (Å²) < 4.78 is 23.3. The van der Waals surface area contributed by atoms with Gasteiger partial charge in [-0.1, -0.05) is 31.5 Å². The molecule has 1 unspecified atom stereocenters. The number of carbonyl (C=O) groups is 1. The molecule has 8 heteroatoms. The number of nitrogens with zero attached hydrogens (tertiary/aromatic N) is 2. The Hall–Kier alpha value is -3.36. The maximum Gasteiger partial charge on any atom is 0.290 e. The highest BCUT2D eigenvalue weighted by Gasteiger charge is 2.42. The number of methoxy groups -OCH3 is 1. The van der Waals surface area contributed by atoms with Crippen LogP contribution in [-0.2, 0) is 4.74 Å². The van der Waals surface area contributed by atoms with E-state index in [1.54, 1.807) is 18.1 Å². The van der Waals surface area contributed by atoms with Gasteiger partial charge in [0, 0.05) is 26.2 Å². The second-order valence-electron chi connectivity index (χ2n) is 10.8. The van der Waals surface area contributed by atoms with Crippen molar-refractivity contribution in [1.82, 2.24) is 9.80 Å². The number of rotatable bonds is 10. The van der Waals surface area contributed by atoms with Crippen LogP contribution in [0.15, 0.2) is 45.6 Å². The molecule has 8 nitrogen and oxygen atoms in total. The standard InChI is InChI=1S/C31H38N2O6/c1-20(2)10-15-38-25-9-7-22(19-26(25)36-4)28-27-29(34)23-18-21(3)6-8-24(23)39-30(27)31(35)33(28)12-5-11-32-13-16-37-17-14-32/h6-9,18-20,28H,5,10-17H2,1-4H3. The van der Waals surface area contributed by atoms with Crippen molar-refractivity contribution in [3.63, 3.8) is 0 Å². The Morgan fingerprint density at radius 2 is 1.82 bits per heavy atom. The van der Waals surface area contributed by atoms with E-state index in [-0.39, 0.29) is 17.1 Å². The first-order chi connectivity index (χ1) is 18.9. The zero-order valence-corrected chi connectivity index (χ0v) is 23.3. The van der Waals surface area contributed by atoms with E-state index < -0.39 is 6.04 Å². The molecule has 0 N–H and O–H groups in total. The number of benzene rings is 2. The lowest BCUT2D eigenvalue weighted by Crippen LogP contribution is -2.38. The van der Waals surface area contributed by atoms with Crippen LogP contribution < -0.4 is 14.9 Å². The SMILES string of the molecule is COc1cc(C2c3c(oc4ccc(C)cc4c3=O)C(=O)N2CCCN2CCOCC2)ccc1OCCC(C)C. The van der Waals surface area contributed by atoms with Crippen LogP contribution in [0.3, 0.4) is 0 Å². The Morgan fingerprint density at radius 3 is 2.56 bits per heavy atom. The molecule has 2 aromatic carbocycles. The van der Waals surface area contributed by atoms with Crippen molar-refractivity contribution in [3.05, 3.63) is 69.1 Å². The van der Waals surface area contributed by atoms with Crippen LogP contribution in [-0.4, -0.2) is 68.8 Å². The molecule has 1 amide bonds. The smallest absolute Gasteiger partial charge is 0.290 e. The lowest BCUT2D eigenvalue weighted by atomic mass is 9.97. The van der Waals surface area contributed by atoms with Crippen LogP contribution in [0.2, 0.25) is 0 Å². The Morgan fingerprint density at radius 1 is 1.03 bits per heavy atom. The molecule has 1 fully saturated rings. The first-order valence-corrected chi connectivity index (χ1v) is 13.9. The molecule has 1 atom stereocenters. The Balaban J connectivity index is 1.51. The van der Waals surface area contributed by atoms with E-state index >= 15 is 0 Å². The summed E-state index contributed by atoms with van der Waals surface area (Å²) in [7, 11) is 1.60. The van der Waals surface area contributed by atoms with Gasteiger partial charge in [-0.15, -0.1) is 0 Å². The Kier molecular flexibility index (Phi) is 8.23. The van der Waals surface area contributed by atoms with Crippen LogP contribution in [0.5, 0.6) is 11.5 Å². The van der Waals surface area contributed by atoms with Crippen molar-refractivity contribution >= 4 is 16.9 Å². The van der Waals surface area contributed by atoms with E-state index in [0.717, 1.165) is 56.8 Å². The van der Waals surface area contributed by atoms with Gasteiger partial charge in [0.1, 0.15) is 5.58 Å². The van der Waals surface area contributed by atoms with Gasteiger partial charge in [0.15, 0.2) is 16.9 Å². The third kappa shape index (κ3) is 5.68. The average molecular weight is 535 g/mol. The van der Waals surface area contributed by atoms with Crippen molar-refractivity contribution in [2.75, 3.05) is 53.1 Å². The fourth-order valence-corrected chi connectivity index (χ4v) is 5.38. The highest BCUT2D eigenvalue weighted by atomic mass is 16.5. The van der Waals surface area contributed by atoms with Crippen molar-refractivity contribution in [3.8, 4) is 11.5 Å². The van der Waals surface area contributed by atoms with Gasteiger partial charge in [0.05, 0.1) is 43.9 Å². The van der Waals surface area contributed by atoms with E-state index in [1.165, 1.54) is 0 Å². The molecule has 3 aromatic rings. The molecule has 3 heterocycles. The molecule has 0 spiro atoms. The minimum Gasteiger partial charge on any atom is -0.493 e. The molecule has 39 heavy (non-hydrogen) atoms. The van der Waals surface area contributed by atoms with Gasteiger partial charge in [-0.2, -0.15) is 0 Å². The van der Waals surface area contributed by atoms with Gasteiger partial charge in [0.2, 0.25) is 5.76 Å². The molecular weight excluding hydrogens is 496 g/mol. The maximum atomic E-state index is 13.9. The van der Waals surface area contributed by atoms with Gasteiger partial charge < -0.3 is 23.5 Å². The Bertz CT molecular complexity index is 1390. The second-order valence-corrected chi connectivity index (χ2v) is 10.8. The number of aryl methyl sites for hydroxylation is 1. The summed E-state index contributed by atoms with van der Waals surface area (Å²) in [6.45, 7) is 11.4. The highest BCUT2D eigenvalue weighted by molar-refractivity contribution is 5.99. The molecule has 2 aliphatic rings. The topological polar surface area (TPSA) is 81.5 Å². The summed E-state index contributed by atoms with van der Waals surface area (Å²) in [4.78, 5) is 31.8. The predicted octanol–water partition coefficient (Wildman–Crippen LogP) is 4.80. The molecule has 0 aliphatic carbocycles. The first kappa shape index (κ1) is 27.2. The molecule has 0 radical (unpaired) electrons. The van der Waals surface area contributed by atoms with Gasteiger partial charge >= 0.3 is 0 Å². The lowest BCUT2D eigenvalue weighted by molar-refractivity contribution is 0.0353. The molecule has 0 saturated carbocycles. The largest absolute Gasteiger partial charge is 0.493 e. The molecule has 1 saturated heterocycles. The molecule has 2 aliphatic heterocycles. The van der Waals surface area contributed by atoms with Crippen molar-refractivity contribution in [2.24, 2.45) is 5.92 Å². The van der Waals surface area contributed by atoms with Crippen molar-refractivity contribution in [2.45, 2.75) is 39.7 Å². The number of hydrogen-bond donors (Lipinski definition) is 0. The summed E-state index contributed by atoms with van der Waals surface area (Å²) in [5.41, 5.74) is 2.40. The predicted molar refractivity (Wildman–Crippen MR) is 150 cm³/mol. The quantitative estimate of drug-likeness (QED) is 0.370. The van der Waals surface area contributed by atoms with E-state index in [4.69, 9.17) is 18.6 Å². The average Bonchev–Trinajstić information content (AvgIpc) is 3.21. The summed E-state index contributed by atoms with van der Waals surface area (Å²) in [5.74, 6) is 1.62. The summed E-state index contributed by atoms with van der Waals surface area (Å²) in [6.07, 6.45) is 1.70. The number of fused-ring (bicyclic) bond motifs is 2. The number of hydrogen-bond acceptors (Lipinski definition) is 7. The van der Waals surface area contributed by atoms with Crippen LogP contribution in [0, 0.1) is 12.8 Å². The summed E-state index contributed by atoms with van der Waals surface area (Å²) in [5, 5.41) is 0.488. The van der Waals surface area contributed by atoms with E-state index in [1.807, 2.05) is 37.3 Å². The van der Waals surface area contributed by atoms with Crippen molar-refractivity contribution < 1.29 is 23.4 Å². The third-order valence-corrected chi connectivity index (χ3v) is 7.55. The number of ether oxygens (including phenoxy) is 3.